The van der Waals surface area contributed by atoms with Crippen LogP contribution < -0.4 is 4.74 Å². The van der Waals surface area contributed by atoms with E-state index in [1.54, 1.807) is 19.4 Å². The Bertz CT molecular complexity index is 721. The van der Waals surface area contributed by atoms with Crippen molar-refractivity contribution in [3.8, 4) is 5.75 Å². The highest BCUT2D eigenvalue weighted by molar-refractivity contribution is 5.50. The van der Waals surface area contributed by atoms with Crippen LogP contribution in [-0.2, 0) is 6.42 Å². The molecule has 3 aromatic rings. The van der Waals surface area contributed by atoms with Crippen molar-refractivity contribution >= 4 is 5.52 Å². The van der Waals surface area contributed by atoms with Crippen LogP contribution in [0.25, 0.3) is 5.52 Å². The fourth-order valence-electron chi connectivity index (χ4n) is 2.12. The summed E-state index contributed by atoms with van der Waals surface area (Å²) in [4.78, 5) is 4.38. The molecule has 0 N–H and O–H groups in total. The lowest BCUT2D eigenvalue weighted by Crippen LogP contribution is -1.97. The van der Waals surface area contributed by atoms with Crippen molar-refractivity contribution < 1.29 is 9.13 Å². The van der Waals surface area contributed by atoms with Gasteiger partial charge in [0.1, 0.15) is 17.4 Å². The summed E-state index contributed by atoms with van der Waals surface area (Å²) in [6.07, 6.45) is 4.30. The highest BCUT2D eigenvalue weighted by Crippen LogP contribution is 2.17. The van der Waals surface area contributed by atoms with Crippen molar-refractivity contribution in [2.75, 3.05) is 7.11 Å². The molecule has 19 heavy (non-hydrogen) atoms. The molecule has 0 radical (unpaired) electrons. The van der Waals surface area contributed by atoms with Crippen molar-refractivity contribution in [2.24, 2.45) is 0 Å². The van der Waals surface area contributed by atoms with Gasteiger partial charge in [-0.15, -0.1) is 0 Å². The number of aromatic nitrogens is 2. The molecule has 0 aliphatic heterocycles. The van der Waals surface area contributed by atoms with E-state index in [1.807, 2.05) is 28.8 Å². The molecule has 0 saturated heterocycles. The van der Waals surface area contributed by atoms with E-state index in [2.05, 4.69) is 4.98 Å². The lowest BCUT2D eigenvalue weighted by atomic mass is 10.1. The van der Waals surface area contributed by atoms with E-state index in [1.165, 1.54) is 12.1 Å². The second kappa shape index (κ2) is 4.72. The van der Waals surface area contributed by atoms with E-state index in [-0.39, 0.29) is 5.82 Å². The molecule has 0 saturated carbocycles. The molecule has 0 amide bonds. The smallest absolute Gasteiger partial charge is 0.123 e. The summed E-state index contributed by atoms with van der Waals surface area (Å²) < 4.78 is 20.3. The maximum absolute atomic E-state index is 13.2. The molecular weight excluding hydrogens is 243 g/mol. The fraction of sp³-hybridized carbons (Fsp3) is 0.133. The first-order chi connectivity index (χ1) is 9.26. The molecule has 4 heteroatoms. The van der Waals surface area contributed by atoms with E-state index in [0.717, 1.165) is 22.7 Å². The quantitative estimate of drug-likeness (QED) is 0.720. The number of benzene rings is 1. The third-order valence-corrected chi connectivity index (χ3v) is 3.07. The average Bonchev–Trinajstić information content (AvgIpc) is 2.81. The molecule has 2 heterocycles. The van der Waals surface area contributed by atoms with Crippen molar-refractivity contribution in [2.45, 2.75) is 6.42 Å². The number of ether oxygens (including phenoxy) is 1. The minimum absolute atomic E-state index is 0.222. The minimum atomic E-state index is -0.222. The molecule has 0 aliphatic rings. The van der Waals surface area contributed by atoms with Crippen LogP contribution in [-0.4, -0.2) is 16.5 Å². The summed E-state index contributed by atoms with van der Waals surface area (Å²) in [5, 5.41) is 0. The summed E-state index contributed by atoms with van der Waals surface area (Å²) in [5.41, 5.74) is 1.87. The van der Waals surface area contributed by atoms with Crippen molar-refractivity contribution in [3.63, 3.8) is 0 Å². The van der Waals surface area contributed by atoms with E-state index in [0.29, 0.717) is 6.42 Å². The molecular formula is C15H13FN2O. The molecule has 3 rings (SSSR count). The minimum Gasteiger partial charge on any atom is -0.497 e. The number of nitrogens with zero attached hydrogens (tertiary/aromatic N) is 2. The van der Waals surface area contributed by atoms with Gasteiger partial charge in [0, 0.05) is 18.7 Å². The molecule has 96 valence electrons. The summed E-state index contributed by atoms with van der Waals surface area (Å²) in [7, 11) is 1.63. The molecule has 0 bridgehead atoms. The zero-order valence-electron chi connectivity index (χ0n) is 10.5. The van der Waals surface area contributed by atoms with Crippen LogP contribution in [0.3, 0.4) is 0 Å². The topological polar surface area (TPSA) is 26.5 Å². The number of methoxy groups -OCH3 is 1. The van der Waals surface area contributed by atoms with E-state index >= 15 is 0 Å². The average molecular weight is 256 g/mol. The molecule has 0 atom stereocenters. The summed E-state index contributed by atoms with van der Waals surface area (Å²) in [5.74, 6) is 1.45. The van der Waals surface area contributed by atoms with Gasteiger partial charge in [-0.25, -0.2) is 9.37 Å². The molecule has 2 aromatic heterocycles. The summed E-state index contributed by atoms with van der Waals surface area (Å²) in [6, 6.07) is 10.4. The molecule has 0 unspecified atom stereocenters. The van der Waals surface area contributed by atoms with Gasteiger partial charge < -0.3 is 9.14 Å². The zero-order chi connectivity index (χ0) is 13.2. The van der Waals surface area contributed by atoms with Gasteiger partial charge in [0.05, 0.1) is 18.8 Å². The lowest BCUT2D eigenvalue weighted by Gasteiger charge is -2.04. The normalized spacial score (nSPS) is 10.8. The first-order valence-electron chi connectivity index (χ1n) is 6.01. The number of fused-ring (bicyclic) bond motifs is 1. The molecule has 0 spiro atoms. The Morgan fingerprint density at radius 1 is 1.26 bits per heavy atom. The van der Waals surface area contributed by atoms with Crippen LogP contribution in [0.1, 0.15) is 11.4 Å². The van der Waals surface area contributed by atoms with Gasteiger partial charge in [-0.05, 0) is 23.8 Å². The van der Waals surface area contributed by atoms with Gasteiger partial charge in [-0.3, -0.25) is 0 Å². The monoisotopic (exact) mass is 256 g/mol. The second-order valence-corrected chi connectivity index (χ2v) is 4.34. The first-order valence-corrected chi connectivity index (χ1v) is 6.01. The largest absolute Gasteiger partial charge is 0.497 e. The Morgan fingerprint density at radius 3 is 2.95 bits per heavy atom. The zero-order valence-corrected chi connectivity index (χ0v) is 10.5. The van der Waals surface area contributed by atoms with E-state index < -0.39 is 0 Å². The van der Waals surface area contributed by atoms with Crippen molar-refractivity contribution in [3.05, 3.63) is 66.0 Å². The van der Waals surface area contributed by atoms with Gasteiger partial charge in [0.25, 0.3) is 0 Å². The third kappa shape index (κ3) is 2.29. The SMILES string of the molecule is COc1ccn2c(Cc3cccc(F)c3)ncc2c1. The van der Waals surface area contributed by atoms with Crippen LogP contribution in [0.4, 0.5) is 4.39 Å². The Morgan fingerprint density at radius 2 is 2.16 bits per heavy atom. The lowest BCUT2D eigenvalue weighted by molar-refractivity contribution is 0.414. The molecule has 3 nitrogen and oxygen atoms in total. The predicted molar refractivity (Wildman–Crippen MR) is 71.0 cm³/mol. The fourth-order valence-corrected chi connectivity index (χ4v) is 2.12. The van der Waals surface area contributed by atoms with E-state index in [9.17, 15) is 4.39 Å². The summed E-state index contributed by atoms with van der Waals surface area (Å²) in [6.45, 7) is 0. The van der Waals surface area contributed by atoms with Gasteiger partial charge in [0.2, 0.25) is 0 Å². The van der Waals surface area contributed by atoms with Crippen molar-refractivity contribution in [1.82, 2.24) is 9.38 Å². The number of pyridine rings is 1. The van der Waals surface area contributed by atoms with Crippen LogP contribution in [0.5, 0.6) is 5.75 Å². The first kappa shape index (κ1) is 11.7. The third-order valence-electron chi connectivity index (χ3n) is 3.07. The molecule has 0 aliphatic carbocycles. The summed E-state index contributed by atoms with van der Waals surface area (Å²) >= 11 is 0. The van der Waals surface area contributed by atoms with E-state index in [4.69, 9.17) is 4.74 Å². The van der Waals surface area contributed by atoms with Crippen LogP contribution in [0.15, 0.2) is 48.8 Å². The Labute approximate surface area is 110 Å². The highest BCUT2D eigenvalue weighted by Gasteiger charge is 2.06. The van der Waals surface area contributed by atoms with Gasteiger partial charge in [0.15, 0.2) is 0 Å². The standard InChI is InChI=1S/C15H13FN2O/c1-19-14-5-6-18-13(9-14)10-17-15(18)8-11-3-2-4-12(16)7-11/h2-7,9-10H,8H2,1H3. The Balaban J connectivity index is 1.97. The highest BCUT2D eigenvalue weighted by atomic mass is 19.1. The molecule has 0 fully saturated rings. The number of hydrogen-bond donors (Lipinski definition) is 0. The number of rotatable bonds is 3. The maximum atomic E-state index is 13.2. The van der Waals surface area contributed by atoms with Crippen LogP contribution in [0, 0.1) is 5.82 Å². The van der Waals surface area contributed by atoms with Gasteiger partial charge >= 0.3 is 0 Å². The van der Waals surface area contributed by atoms with Gasteiger partial charge in [-0.1, -0.05) is 12.1 Å². The number of hydrogen-bond acceptors (Lipinski definition) is 2. The van der Waals surface area contributed by atoms with Crippen LogP contribution in [0.2, 0.25) is 0 Å². The van der Waals surface area contributed by atoms with Crippen LogP contribution >= 0.6 is 0 Å². The maximum Gasteiger partial charge on any atom is 0.123 e. The predicted octanol–water partition coefficient (Wildman–Crippen LogP) is 3.07. The van der Waals surface area contributed by atoms with Gasteiger partial charge in [-0.2, -0.15) is 0 Å². The van der Waals surface area contributed by atoms with Crippen molar-refractivity contribution in [1.29, 1.82) is 0 Å². The number of imidazole rings is 1. The molecule has 1 aromatic carbocycles. The Hall–Kier alpha value is -2.36. The number of halogens is 1. The Kier molecular flexibility index (Phi) is 2.91. The second-order valence-electron chi connectivity index (χ2n) is 4.34.